The third-order valence-electron chi connectivity index (χ3n) is 2.12. The fraction of sp³-hybridized carbons (Fsp3) is 0.300. The van der Waals surface area contributed by atoms with Crippen LogP contribution in [0, 0.1) is 17.0 Å². The van der Waals surface area contributed by atoms with Crippen molar-refractivity contribution in [2.75, 3.05) is 5.32 Å². The van der Waals surface area contributed by atoms with Crippen molar-refractivity contribution < 1.29 is 9.72 Å². The Morgan fingerprint density at radius 3 is 2.69 bits per heavy atom. The van der Waals surface area contributed by atoms with Gasteiger partial charge in [0.15, 0.2) is 0 Å². The summed E-state index contributed by atoms with van der Waals surface area (Å²) >= 11 is 5.59. The van der Waals surface area contributed by atoms with Crippen molar-refractivity contribution >= 4 is 28.9 Å². The Labute approximate surface area is 97.6 Å². The van der Waals surface area contributed by atoms with Gasteiger partial charge in [-0.1, -0.05) is 6.07 Å². The first kappa shape index (κ1) is 12.4. The Balaban J connectivity index is 3.02. The van der Waals surface area contributed by atoms with Gasteiger partial charge in [0, 0.05) is 6.07 Å². The van der Waals surface area contributed by atoms with Crippen molar-refractivity contribution in [1.82, 2.24) is 0 Å². The lowest BCUT2D eigenvalue weighted by molar-refractivity contribution is -0.385. The van der Waals surface area contributed by atoms with Crippen LogP contribution in [-0.2, 0) is 4.79 Å². The molecule has 5 nitrogen and oxygen atoms in total. The molecule has 1 N–H and O–H groups in total. The normalized spacial score (nSPS) is 11.9. The zero-order valence-electron chi connectivity index (χ0n) is 8.86. The second kappa shape index (κ2) is 4.94. The molecule has 1 aromatic rings. The van der Waals surface area contributed by atoms with Crippen LogP contribution in [-0.4, -0.2) is 16.2 Å². The number of hydrogen-bond acceptors (Lipinski definition) is 3. The molecule has 0 heterocycles. The number of nitrogens with one attached hydrogen (secondary N) is 1. The van der Waals surface area contributed by atoms with Gasteiger partial charge in [-0.2, -0.15) is 0 Å². The molecule has 0 radical (unpaired) electrons. The predicted octanol–water partition coefficient (Wildman–Crippen LogP) is 2.47. The van der Waals surface area contributed by atoms with Crippen LogP contribution in [0.3, 0.4) is 0 Å². The molecule has 6 heteroatoms. The molecule has 16 heavy (non-hydrogen) atoms. The van der Waals surface area contributed by atoms with Gasteiger partial charge in [-0.3, -0.25) is 14.9 Å². The molecule has 1 rings (SSSR count). The fourth-order valence-corrected chi connectivity index (χ4v) is 1.24. The second-order valence-corrected chi connectivity index (χ2v) is 3.97. The Morgan fingerprint density at radius 2 is 2.19 bits per heavy atom. The highest BCUT2D eigenvalue weighted by Crippen LogP contribution is 2.25. The Kier molecular flexibility index (Phi) is 3.84. The largest absolute Gasteiger partial charge is 0.324 e. The van der Waals surface area contributed by atoms with Crippen molar-refractivity contribution in [2.45, 2.75) is 19.2 Å². The minimum atomic E-state index is -0.682. The van der Waals surface area contributed by atoms with Crippen molar-refractivity contribution in [1.29, 1.82) is 0 Å². The lowest BCUT2D eigenvalue weighted by Crippen LogP contribution is -2.20. The number of carbonyl (C=O) groups excluding carboxylic acids is 1. The number of nitro benzene ring substituents is 1. The predicted molar refractivity (Wildman–Crippen MR) is 61.8 cm³/mol. The molecule has 0 fully saturated rings. The molecule has 0 saturated carbocycles. The molecule has 0 bridgehead atoms. The highest BCUT2D eigenvalue weighted by molar-refractivity contribution is 6.32. The molecule has 0 aromatic heterocycles. The number of carbonyl (C=O) groups is 1. The third kappa shape index (κ3) is 2.70. The smallest absolute Gasteiger partial charge is 0.274 e. The van der Waals surface area contributed by atoms with Crippen LogP contribution in [0.25, 0.3) is 0 Å². The fourth-order valence-electron chi connectivity index (χ4n) is 1.19. The van der Waals surface area contributed by atoms with Crippen molar-refractivity contribution in [3.05, 3.63) is 33.9 Å². The maximum absolute atomic E-state index is 11.3. The highest BCUT2D eigenvalue weighted by Gasteiger charge is 2.16. The van der Waals surface area contributed by atoms with Crippen LogP contribution in [0.2, 0.25) is 0 Å². The van der Waals surface area contributed by atoms with Gasteiger partial charge in [0.05, 0.1) is 16.2 Å². The summed E-state index contributed by atoms with van der Waals surface area (Å²) in [7, 11) is 0. The highest BCUT2D eigenvalue weighted by atomic mass is 35.5. The van der Waals surface area contributed by atoms with E-state index in [4.69, 9.17) is 11.6 Å². The summed E-state index contributed by atoms with van der Waals surface area (Å²) in [5.41, 5.74) is 0.796. The molecule has 1 aromatic carbocycles. The van der Waals surface area contributed by atoms with Gasteiger partial charge in [0.2, 0.25) is 5.91 Å². The number of anilines is 1. The first-order chi connectivity index (χ1) is 7.43. The van der Waals surface area contributed by atoms with Gasteiger partial charge in [0.25, 0.3) is 5.69 Å². The average molecular weight is 243 g/mol. The zero-order chi connectivity index (χ0) is 12.3. The third-order valence-corrected chi connectivity index (χ3v) is 2.32. The molecule has 0 saturated heterocycles. The molecule has 1 unspecified atom stereocenters. The Hall–Kier alpha value is -1.62. The minimum absolute atomic E-state index is 0.0278. The maximum atomic E-state index is 11.3. The van der Waals surface area contributed by atoms with E-state index in [1.807, 2.05) is 0 Å². The van der Waals surface area contributed by atoms with Crippen molar-refractivity contribution in [3.63, 3.8) is 0 Å². The summed E-state index contributed by atoms with van der Waals surface area (Å²) in [5, 5.41) is 12.5. The zero-order valence-corrected chi connectivity index (χ0v) is 9.62. The number of nitro groups is 1. The quantitative estimate of drug-likeness (QED) is 0.503. The standard InChI is InChI=1S/C10H11ClN2O3/c1-6-8(12-10(14)7(2)11)4-3-5-9(6)13(15)16/h3-5,7H,1-2H3,(H,12,14). The van der Waals surface area contributed by atoms with Crippen LogP contribution < -0.4 is 5.32 Å². The molecule has 0 aliphatic heterocycles. The summed E-state index contributed by atoms with van der Waals surface area (Å²) in [4.78, 5) is 21.5. The number of hydrogen-bond donors (Lipinski definition) is 1. The van der Waals surface area contributed by atoms with Crippen LogP contribution in [0.15, 0.2) is 18.2 Å². The molecule has 1 atom stereocenters. The molecule has 0 aliphatic carbocycles. The maximum Gasteiger partial charge on any atom is 0.274 e. The number of rotatable bonds is 3. The molecule has 1 amide bonds. The monoisotopic (exact) mass is 242 g/mol. The number of amides is 1. The summed E-state index contributed by atoms with van der Waals surface area (Å²) < 4.78 is 0. The van der Waals surface area contributed by atoms with Gasteiger partial charge < -0.3 is 5.32 Å². The average Bonchev–Trinajstić information content (AvgIpc) is 2.20. The van der Waals surface area contributed by atoms with Gasteiger partial charge in [0.1, 0.15) is 5.38 Å². The van der Waals surface area contributed by atoms with E-state index in [2.05, 4.69) is 5.32 Å². The summed E-state index contributed by atoms with van der Waals surface area (Å²) in [6, 6.07) is 4.49. The Morgan fingerprint density at radius 1 is 1.56 bits per heavy atom. The SMILES string of the molecule is Cc1c(NC(=O)C(C)Cl)cccc1[N+](=O)[O-]. The first-order valence-electron chi connectivity index (χ1n) is 4.62. The molecule has 0 aliphatic rings. The van der Waals surface area contributed by atoms with E-state index in [9.17, 15) is 14.9 Å². The van der Waals surface area contributed by atoms with Crippen molar-refractivity contribution in [2.24, 2.45) is 0 Å². The van der Waals surface area contributed by atoms with E-state index in [0.29, 0.717) is 11.3 Å². The van der Waals surface area contributed by atoms with Gasteiger partial charge >= 0.3 is 0 Å². The van der Waals surface area contributed by atoms with Crippen LogP contribution >= 0.6 is 11.6 Å². The van der Waals surface area contributed by atoms with Crippen LogP contribution in [0.1, 0.15) is 12.5 Å². The lowest BCUT2D eigenvalue weighted by Gasteiger charge is -2.09. The lowest BCUT2D eigenvalue weighted by atomic mass is 10.1. The number of nitrogens with zero attached hydrogens (tertiary/aromatic N) is 1. The number of halogens is 1. The molecule has 86 valence electrons. The van der Waals surface area contributed by atoms with E-state index >= 15 is 0 Å². The number of benzene rings is 1. The molecular formula is C10H11ClN2O3. The summed E-state index contributed by atoms with van der Waals surface area (Å²) in [6.07, 6.45) is 0. The van der Waals surface area contributed by atoms with Gasteiger partial charge in [-0.15, -0.1) is 11.6 Å². The van der Waals surface area contributed by atoms with Crippen molar-refractivity contribution in [3.8, 4) is 0 Å². The van der Waals surface area contributed by atoms with E-state index < -0.39 is 10.3 Å². The second-order valence-electron chi connectivity index (χ2n) is 3.31. The molecular weight excluding hydrogens is 232 g/mol. The summed E-state index contributed by atoms with van der Waals surface area (Å²) in [5.74, 6) is -0.384. The van der Waals surface area contributed by atoms with E-state index in [0.717, 1.165) is 0 Å². The van der Waals surface area contributed by atoms with Gasteiger partial charge in [-0.25, -0.2) is 0 Å². The van der Waals surface area contributed by atoms with E-state index in [-0.39, 0.29) is 11.6 Å². The minimum Gasteiger partial charge on any atom is -0.324 e. The van der Waals surface area contributed by atoms with E-state index in [1.54, 1.807) is 13.0 Å². The van der Waals surface area contributed by atoms with Crippen LogP contribution in [0.4, 0.5) is 11.4 Å². The van der Waals surface area contributed by atoms with Gasteiger partial charge in [-0.05, 0) is 19.9 Å². The van der Waals surface area contributed by atoms with Crippen LogP contribution in [0.5, 0.6) is 0 Å². The first-order valence-corrected chi connectivity index (χ1v) is 5.06. The van der Waals surface area contributed by atoms with E-state index in [1.165, 1.54) is 19.1 Å². The summed E-state index contributed by atoms with van der Waals surface area (Å²) in [6.45, 7) is 3.11. The topological polar surface area (TPSA) is 72.2 Å². The Bertz CT molecular complexity index is 432. The number of alkyl halides is 1. The molecule has 0 spiro atoms.